The second-order valence-corrected chi connectivity index (χ2v) is 4.40. The molecule has 0 aliphatic heterocycles. The maximum absolute atomic E-state index is 13.0. The third kappa shape index (κ3) is 2.59. The number of benzene rings is 1. The zero-order valence-corrected chi connectivity index (χ0v) is 10.3. The Labute approximate surface area is 107 Å². The zero-order chi connectivity index (χ0) is 12.6. The second-order valence-electron chi connectivity index (χ2n) is 3.24. The van der Waals surface area contributed by atoms with Crippen molar-refractivity contribution in [1.29, 1.82) is 0 Å². The number of halogens is 5. The average molecular weight is 356 g/mol. The molecule has 1 aromatic heterocycles. The first-order valence-electron chi connectivity index (χ1n) is 4.46. The van der Waals surface area contributed by atoms with Crippen LogP contribution in [-0.2, 0) is 6.18 Å². The van der Waals surface area contributed by atoms with Gasteiger partial charge in [-0.2, -0.15) is 18.3 Å². The van der Waals surface area contributed by atoms with Gasteiger partial charge in [0.2, 0.25) is 0 Å². The molecule has 0 unspecified atom stereocenters. The minimum absolute atomic E-state index is 0.279. The molecule has 1 heterocycles. The van der Waals surface area contributed by atoms with E-state index in [4.69, 9.17) is 0 Å². The van der Waals surface area contributed by atoms with Gasteiger partial charge in [0.15, 0.2) is 5.69 Å². The first kappa shape index (κ1) is 12.3. The van der Waals surface area contributed by atoms with E-state index in [2.05, 4.69) is 5.10 Å². The van der Waals surface area contributed by atoms with Crippen LogP contribution in [0, 0.1) is 9.39 Å². The fourth-order valence-electron chi connectivity index (χ4n) is 1.27. The van der Waals surface area contributed by atoms with Gasteiger partial charge in [-0.05, 0) is 40.8 Å². The lowest BCUT2D eigenvalue weighted by Gasteiger charge is -2.05. The number of hydrogen-bond acceptors (Lipinski definition) is 1. The van der Waals surface area contributed by atoms with Crippen molar-refractivity contribution in [3.8, 4) is 5.69 Å². The molecule has 0 atom stereocenters. The third-order valence-corrected chi connectivity index (χ3v) is 2.95. The van der Waals surface area contributed by atoms with Crippen LogP contribution in [0.15, 0.2) is 30.5 Å². The van der Waals surface area contributed by atoms with Crippen LogP contribution in [0.25, 0.3) is 5.69 Å². The highest BCUT2D eigenvalue weighted by atomic mass is 127. The molecule has 90 valence electrons. The molecule has 0 spiro atoms. The summed E-state index contributed by atoms with van der Waals surface area (Å²) in [7, 11) is 0. The third-order valence-electron chi connectivity index (χ3n) is 2.03. The van der Waals surface area contributed by atoms with E-state index in [0.29, 0.717) is 3.57 Å². The Bertz CT molecular complexity index is 547. The molecule has 0 amide bonds. The number of rotatable bonds is 1. The summed E-state index contributed by atoms with van der Waals surface area (Å²) >= 11 is 1.90. The minimum atomic E-state index is -4.50. The fraction of sp³-hybridized carbons (Fsp3) is 0.100. The molecule has 2 aromatic rings. The number of hydrogen-bond donors (Lipinski definition) is 0. The van der Waals surface area contributed by atoms with Crippen LogP contribution in [0.4, 0.5) is 17.6 Å². The van der Waals surface area contributed by atoms with E-state index >= 15 is 0 Å². The van der Waals surface area contributed by atoms with Crippen LogP contribution >= 0.6 is 22.6 Å². The largest absolute Gasteiger partial charge is 0.435 e. The summed E-state index contributed by atoms with van der Waals surface area (Å²) in [5.74, 6) is -0.524. The van der Waals surface area contributed by atoms with Crippen molar-refractivity contribution >= 4 is 22.6 Å². The topological polar surface area (TPSA) is 17.8 Å². The molecular formula is C10H5F4IN2. The van der Waals surface area contributed by atoms with Crippen molar-refractivity contribution in [3.63, 3.8) is 0 Å². The van der Waals surface area contributed by atoms with Crippen LogP contribution in [0.5, 0.6) is 0 Å². The second kappa shape index (κ2) is 4.28. The number of alkyl halides is 3. The molecule has 0 N–H and O–H groups in total. The average Bonchev–Trinajstić information content (AvgIpc) is 2.70. The van der Waals surface area contributed by atoms with Crippen LogP contribution in [-0.4, -0.2) is 9.78 Å². The number of nitrogens with zero attached hydrogens (tertiary/aromatic N) is 2. The van der Waals surface area contributed by atoms with Gasteiger partial charge in [0.1, 0.15) is 5.82 Å². The van der Waals surface area contributed by atoms with Crippen molar-refractivity contribution in [3.05, 3.63) is 45.5 Å². The van der Waals surface area contributed by atoms with Gasteiger partial charge in [0.25, 0.3) is 0 Å². The Kier molecular flexibility index (Phi) is 3.11. The van der Waals surface area contributed by atoms with Gasteiger partial charge < -0.3 is 0 Å². The quantitative estimate of drug-likeness (QED) is 0.564. The Morgan fingerprint density at radius 3 is 2.47 bits per heavy atom. The predicted octanol–water partition coefficient (Wildman–Crippen LogP) is 3.63. The van der Waals surface area contributed by atoms with Crippen LogP contribution in [0.3, 0.4) is 0 Å². The summed E-state index contributed by atoms with van der Waals surface area (Å²) in [5.41, 5.74) is -0.723. The first-order chi connectivity index (χ1) is 7.88. The molecule has 0 aliphatic carbocycles. The maximum atomic E-state index is 13.0. The van der Waals surface area contributed by atoms with Gasteiger partial charge in [-0.3, -0.25) is 0 Å². The van der Waals surface area contributed by atoms with Gasteiger partial charge >= 0.3 is 6.18 Å². The van der Waals surface area contributed by atoms with Crippen molar-refractivity contribution < 1.29 is 17.6 Å². The highest BCUT2D eigenvalue weighted by molar-refractivity contribution is 14.1. The Morgan fingerprint density at radius 2 is 1.88 bits per heavy atom. The van der Waals surface area contributed by atoms with Gasteiger partial charge in [0.05, 0.1) is 5.69 Å². The Hall–Kier alpha value is -1.12. The van der Waals surface area contributed by atoms with E-state index in [1.165, 1.54) is 12.1 Å². The minimum Gasteiger partial charge on any atom is -0.239 e. The standard InChI is InChI=1S/C10H5F4IN2/c11-6-1-2-7(15)8(5-6)17-4-3-9(16-17)10(12,13)14/h1-5H. The highest BCUT2D eigenvalue weighted by Gasteiger charge is 2.33. The van der Waals surface area contributed by atoms with Crippen molar-refractivity contribution in [2.45, 2.75) is 6.18 Å². The fourth-order valence-corrected chi connectivity index (χ4v) is 1.85. The SMILES string of the molecule is Fc1ccc(I)c(-n2ccc(C(F)(F)F)n2)c1. The van der Waals surface area contributed by atoms with Gasteiger partial charge in [-0.1, -0.05) is 0 Å². The van der Waals surface area contributed by atoms with E-state index in [0.717, 1.165) is 23.0 Å². The molecule has 7 heteroatoms. The van der Waals surface area contributed by atoms with E-state index in [-0.39, 0.29) is 5.69 Å². The summed E-state index contributed by atoms with van der Waals surface area (Å²) in [6, 6.07) is 4.69. The molecule has 0 saturated carbocycles. The predicted molar refractivity (Wildman–Crippen MR) is 61.2 cm³/mol. The van der Waals surface area contributed by atoms with Crippen molar-refractivity contribution in [2.75, 3.05) is 0 Å². The van der Waals surface area contributed by atoms with Gasteiger partial charge in [-0.15, -0.1) is 0 Å². The van der Waals surface area contributed by atoms with Crippen LogP contribution in [0.1, 0.15) is 5.69 Å². The summed E-state index contributed by atoms with van der Waals surface area (Å²) in [5, 5.41) is 3.37. The summed E-state index contributed by atoms with van der Waals surface area (Å²) < 4.78 is 51.7. The summed E-state index contributed by atoms with van der Waals surface area (Å²) in [6.45, 7) is 0. The van der Waals surface area contributed by atoms with Crippen LogP contribution < -0.4 is 0 Å². The lowest BCUT2D eigenvalue weighted by atomic mass is 10.3. The monoisotopic (exact) mass is 356 g/mol. The molecule has 0 bridgehead atoms. The van der Waals surface area contributed by atoms with E-state index in [9.17, 15) is 17.6 Å². The molecular weight excluding hydrogens is 351 g/mol. The van der Waals surface area contributed by atoms with E-state index in [1.54, 1.807) is 0 Å². The van der Waals surface area contributed by atoms with E-state index in [1.807, 2.05) is 22.6 Å². The molecule has 17 heavy (non-hydrogen) atoms. The molecule has 2 nitrogen and oxygen atoms in total. The lowest BCUT2D eigenvalue weighted by molar-refractivity contribution is -0.141. The molecule has 2 rings (SSSR count). The molecule has 1 aromatic carbocycles. The highest BCUT2D eigenvalue weighted by Crippen LogP contribution is 2.28. The maximum Gasteiger partial charge on any atom is 0.435 e. The smallest absolute Gasteiger partial charge is 0.239 e. The summed E-state index contributed by atoms with van der Waals surface area (Å²) in [4.78, 5) is 0. The zero-order valence-electron chi connectivity index (χ0n) is 8.17. The Morgan fingerprint density at radius 1 is 1.18 bits per heavy atom. The molecule has 0 fully saturated rings. The first-order valence-corrected chi connectivity index (χ1v) is 5.54. The number of aromatic nitrogens is 2. The van der Waals surface area contributed by atoms with Crippen molar-refractivity contribution in [2.24, 2.45) is 0 Å². The summed E-state index contributed by atoms with van der Waals surface area (Å²) in [6.07, 6.45) is -3.34. The Balaban J connectivity index is 2.47. The van der Waals surface area contributed by atoms with Gasteiger partial charge in [-0.25, -0.2) is 9.07 Å². The van der Waals surface area contributed by atoms with E-state index < -0.39 is 17.7 Å². The van der Waals surface area contributed by atoms with Crippen molar-refractivity contribution in [1.82, 2.24) is 9.78 Å². The molecule has 0 radical (unpaired) electrons. The van der Waals surface area contributed by atoms with Gasteiger partial charge in [0, 0.05) is 15.8 Å². The normalized spacial score (nSPS) is 11.8. The molecule has 0 saturated heterocycles. The van der Waals surface area contributed by atoms with Crippen LogP contribution in [0.2, 0.25) is 0 Å². The lowest BCUT2D eigenvalue weighted by Crippen LogP contribution is -2.07. The molecule has 0 aliphatic rings.